The average molecular weight is 582 g/mol. The molecule has 40 heavy (non-hydrogen) atoms. The van der Waals surface area contributed by atoms with Gasteiger partial charge in [-0.3, -0.25) is 14.7 Å². The zero-order valence-corrected chi connectivity index (χ0v) is 21.3. The van der Waals surface area contributed by atoms with E-state index in [4.69, 9.17) is 24.5 Å². The van der Waals surface area contributed by atoms with E-state index in [9.17, 15) is 31.1 Å². The maximum absolute atomic E-state index is 12.7. The molecule has 2 N–H and O–H groups in total. The van der Waals surface area contributed by atoms with Crippen LogP contribution in [0.25, 0.3) is 0 Å². The Morgan fingerprint density at radius 1 is 0.975 bits per heavy atom. The summed E-state index contributed by atoms with van der Waals surface area (Å²) in [5.74, 6) is -5.39. The van der Waals surface area contributed by atoms with Gasteiger partial charge >= 0.3 is 24.3 Å². The molecule has 222 valence electrons. The third-order valence-corrected chi connectivity index (χ3v) is 6.07. The van der Waals surface area contributed by atoms with Crippen LogP contribution in [0.2, 0.25) is 0 Å². The normalized spacial score (nSPS) is 17.2. The van der Waals surface area contributed by atoms with E-state index in [-0.39, 0.29) is 11.5 Å². The predicted octanol–water partition coefficient (Wildman–Crippen LogP) is 3.19. The van der Waals surface area contributed by atoms with Crippen molar-refractivity contribution in [3.8, 4) is 0 Å². The van der Waals surface area contributed by atoms with Crippen LogP contribution < -0.4 is 0 Å². The van der Waals surface area contributed by atoms with Crippen LogP contribution in [0.4, 0.5) is 26.3 Å². The minimum Gasteiger partial charge on any atom is -0.475 e. The number of carbonyl (C=O) groups excluding carboxylic acids is 1. The van der Waals surface area contributed by atoms with E-state index >= 15 is 0 Å². The highest BCUT2D eigenvalue weighted by molar-refractivity contribution is 5.92. The summed E-state index contributed by atoms with van der Waals surface area (Å²) in [6, 6.07) is 7.91. The lowest BCUT2D eigenvalue weighted by Gasteiger charge is -2.47. The lowest BCUT2D eigenvalue weighted by atomic mass is 9.89. The van der Waals surface area contributed by atoms with Gasteiger partial charge in [0, 0.05) is 58.4 Å². The average Bonchev–Trinajstić information content (AvgIpc) is 3.30. The number of piperidine rings is 1. The molecule has 0 bridgehead atoms. The summed E-state index contributed by atoms with van der Waals surface area (Å²) in [6.45, 7) is 5.04. The standard InChI is InChI=1S/C20H26N4O2.2C2HF3O2/c1-22-9-3-5-18(22)19(25)24-10-6-20(7-11-24)16-23(12-13-26-20)15-17-4-2-8-21-14-17;2*3-2(4,5)1(6)7/h2-5,8-9,14H,6-7,10-13,15-16H2,1H3;2*(H,6,7). The molecule has 10 nitrogen and oxygen atoms in total. The number of rotatable bonds is 3. The molecule has 0 aliphatic carbocycles. The van der Waals surface area contributed by atoms with Crippen LogP contribution in [0.3, 0.4) is 0 Å². The number of carboxylic acid groups (broad SMARTS) is 2. The Bertz CT molecular complexity index is 1110. The molecular weight excluding hydrogens is 554 g/mol. The van der Waals surface area contributed by atoms with Gasteiger partial charge in [0.1, 0.15) is 5.69 Å². The van der Waals surface area contributed by atoms with Gasteiger partial charge in [-0.25, -0.2) is 9.59 Å². The summed E-state index contributed by atoms with van der Waals surface area (Å²) in [4.78, 5) is 39.1. The number of amides is 1. The minimum atomic E-state index is -5.08. The number of nitrogens with zero attached hydrogens (tertiary/aromatic N) is 4. The highest BCUT2D eigenvalue weighted by Crippen LogP contribution is 2.31. The van der Waals surface area contributed by atoms with E-state index in [1.165, 1.54) is 5.56 Å². The predicted molar refractivity (Wildman–Crippen MR) is 126 cm³/mol. The number of hydrogen-bond donors (Lipinski definition) is 2. The fourth-order valence-electron chi connectivity index (χ4n) is 4.07. The molecule has 2 aliphatic heterocycles. The summed E-state index contributed by atoms with van der Waals surface area (Å²) in [6.07, 6.45) is -2.72. The Morgan fingerprint density at radius 2 is 1.55 bits per heavy atom. The Balaban J connectivity index is 0.000000333. The second kappa shape index (κ2) is 13.6. The number of hydrogen-bond acceptors (Lipinski definition) is 6. The van der Waals surface area contributed by atoms with E-state index in [1.807, 2.05) is 53.3 Å². The van der Waals surface area contributed by atoms with Crippen molar-refractivity contribution in [2.45, 2.75) is 37.3 Å². The van der Waals surface area contributed by atoms with Crippen molar-refractivity contribution in [1.29, 1.82) is 0 Å². The molecule has 2 aliphatic rings. The fraction of sp³-hybridized carbons (Fsp3) is 0.500. The molecular formula is C24H28F6N4O6. The number of carbonyl (C=O) groups is 3. The van der Waals surface area contributed by atoms with Gasteiger partial charge in [0.25, 0.3) is 5.91 Å². The molecule has 1 amide bonds. The number of morpholine rings is 1. The van der Waals surface area contributed by atoms with Crippen molar-refractivity contribution >= 4 is 17.8 Å². The van der Waals surface area contributed by atoms with Gasteiger partial charge in [0.15, 0.2) is 0 Å². The maximum atomic E-state index is 12.7. The summed E-state index contributed by atoms with van der Waals surface area (Å²) < 4.78 is 71.6. The van der Waals surface area contributed by atoms with Gasteiger partial charge in [0.05, 0.1) is 12.2 Å². The van der Waals surface area contributed by atoms with Gasteiger partial charge in [-0.05, 0) is 36.6 Å². The first-order chi connectivity index (χ1) is 18.5. The highest BCUT2D eigenvalue weighted by atomic mass is 19.4. The van der Waals surface area contributed by atoms with Crippen molar-refractivity contribution in [3.05, 3.63) is 54.1 Å². The van der Waals surface area contributed by atoms with Crippen molar-refractivity contribution in [1.82, 2.24) is 19.4 Å². The third kappa shape index (κ3) is 9.82. The lowest BCUT2D eigenvalue weighted by molar-refractivity contribution is -0.193. The summed E-state index contributed by atoms with van der Waals surface area (Å²) in [5, 5.41) is 14.2. The molecule has 2 aromatic rings. The van der Waals surface area contributed by atoms with Crippen LogP contribution in [0.15, 0.2) is 42.9 Å². The van der Waals surface area contributed by atoms with Crippen molar-refractivity contribution in [2.24, 2.45) is 7.05 Å². The third-order valence-electron chi connectivity index (χ3n) is 6.07. The quantitative estimate of drug-likeness (QED) is 0.529. The Morgan fingerprint density at radius 3 is 2.00 bits per heavy atom. The van der Waals surface area contributed by atoms with Gasteiger partial charge in [-0.15, -0.1) is 0 Å². The van der Waals surface area contributed by atoms with Crippen LogP contribution in [-0.2, 0) is 27.9 Å². The molecule has 0 aromatic carbocycles. The van der Waals surface area contributed by atoms with E-state index in [0.29, 0.717) is 0 Å². The number of ether oxygens (including phenoxy) is 1. The number of carboxylic acids is 2. The molecule has 16 heteroatoms. The van der Waals surface area contributed by atoms with Crippen molar-refractivity contribution in [3.63, 3.8) is 0 Å². The smallest absolute Gasteiger partial charge is 0.475 e. The number of aryl methyl sites for hydroxylation is 1. The first-order valence-electron chi connectivity index (χ1n) is 11.8. The van der Waals surface area contributed by atoms with Gasteiger partial charge in [-0.2, -0.15) is 26.3 Å². The molecule has 0 saturated carbocycles. The summed E-state index contributed by atoms with van der Waals surface area (Å²) in [5.41, 5.74) is 1.87. The van der Waals surface area contributed by atoms with Crippen LogP contribution in [-0.4, -0.2) is 98.1 Å². The topological polar surface area (TPSA) is 125 Å². The van der Waals surface area contributed by atoms with E-state index in [1.54, 1.807) is 0 Å². The lowest BCUT2D eigenvalue weighted by Crippen LogP contribution is -2.57. The van der Waals surface area contributed by atoms with E-state index in [0.717, 1.165) is 57.9 Å². The highest BCUT2D eigenvalue weighted by Gasteiger charge is 2.41. The first kappa shape index (κ1) is 32.6. The molecule has 0 unspecified atom stereocenters. The SMILES string of the molecule is Cn1cccc1C(=O)N1CCC2(CC1)CN(Cc1cccnc1)CCO2.O=C(O)C(F)(F)F.O=C(O)C(F)(F)F. The molecule has 2 saturated heterocycles. The monoisotopic (exact) mass is 582 g/mol. The fourth-order valence-corrected chi connectivity index (χ4v) is 4.07. The van der Waals surface area contributed by atoms with Gasteiger partial charge in [0.2, 0.25) is 0 Å². The zero-order chi connectivity index (χ0) is 30.1. The Labute approximate surface area is 224 Å². The summed E-state index contributed by atoms with van der Waals surface area (Å²) >= 11 is 0. The van der Waals surface area contributed by atoms with E-state index < -0.39 is 24.3 Å². The van der Waals surface area contributed by atoms with Crippen molar-refractivity contribution < 1.29 is 55.7 Å². The summed E-state index contributed by atoms with van der Waals surface area (Å²) in [7, 11) is 1.92. The second-order valence-electron chi connectivity index (χ2n) is 9.01. The Hall–Kier alpha value is -3.66. The number of halogens is 6. The van der Waals surface area contributed by atoms with Gasteiger partial charge < -0.3 is 24.4 Å². The van der Waals surface area contributed by atoms with Crippen LogP contribution in [0, 0.1) is 0 Å². The second-order valence-corrected chi connectivity index (χ2v) is 9.01. The number of pyridine rings is 1. The maximum Gasteiger partial charge on any atom is 0.490 e. The van der Waals surface area contributed by atoms with Gasteiger partial charge in [-0.1, -0.05) is 6.07 Å². The Kier molecular flexibility index (Phi) is 11.1. The molecule has 0 atom stereocenters. The zero-order valence-electron chi connectivity index (χ0n) is 21.3. The number of aliphatic carboxylic acids is 2. The van der Waals surface area contributed by atoms with Crippen LogP contribution in [0.1, 0.15) is 28.9 Å². The molecule has 2 fully saturated rings. The molecule has 2 aromatic heterocycles. The van der Waals surface area contributed by atoms with Crippen LogP contribution in [0.5, 0.6) is 0 Å². The number of alkyl halides is 6. The minimum absolute atomic E-state index is 0.120. The molecule has 0 radical (unpaired) electrons. The first-order valence-corrected chi connectivity index (χ1v) is 11.8. The number of likely N-dealkylation sites (tertiary alicyclic amines) is 1. The van der Waals surface area contributed by atoms with E-state index in [2.05, 4.69) is 16.0 Å². The number of aromatic nitrogens is 2. The van der Waals surface area contributed by atoms with Crippen LogP contribution >= 0.6 is 0 Å². The van der Waals surface area contributed by atoms with Crippen molar-refractivity contribution in [2.75, 3.05) is 32.8 Å². The molecule has 4 rings (SSSR count). The largest absolute Gasteiger partial charge is 0.490 e. The molecule has 1 spiro atoms. The molecule has 4 heterocycles.